The zero-order valence-electron chi connectivity index (χ0n) is 11.7. The van der Waals surface area contributed by atoms with Crippen LogP contribution in [0.5, 0.6) is 0 Å². The lowest BCUT2D eigenvalue weighted by Crippen LogP contribution is -2.32. The minimum Gasteiger partial charge on any atom is -0.481 e. The van der Waals surface area contributed by atoms with E-state index in [1.165, 1.54) is 12.1 Å². The van der Waals surface area contributed by atoms with E-state index in [1.807, 2.05) is 0 Å². The number of carbonyl (C=O) groups excluding carboxylic acids is 1. The Labute approximate surface area is 125 Å². The predicted molar refractivity (Wildman–Crippen MR) is 73.2 cm³/mol. The number of carbonyl (C=O) groups is 2. The molecule has 7 heteroatoms. The van der Waals surface area contributed by atoms with Gasteiger partial charge in [0.2, 0.25) is 5.91 Å². The summed E-state index contributed by atoms with van der Waals surface area (Å²) in [5.41, 5.74) is -1.94. The molecule has 1 aromatic rings. The third-order valence-corrected chi connectivity index (χ3v) is 3.99. The first-order valence-corrected chi connectivity index (χ1v) is 6.93. The molecular weight excluding hydrogens is 299 g/mol. The van der Waals surface area contributed by atoms with Crippen LogP contribution in [0.15, 0.2) is 24.3 Å². The Hall–Kier alpha value is -2.05. The fourth-order valence-corrected chi connectivity index (χ4v) is 2.80. The van der Waals surface area contributed by atoms with E-state index in [-0.39, 0.29) is 12.1 Å². The molecule has 0 atom stereocenters. The van der Waals surface area contributed by atoms with Crippen LogP contribution >= 0.6 is 0 Å². The van der Waals surface area contributed by atoms with Gasteiger partial charge in [0.15, 0.2) is 0 Å². The predicted octanol–water partition coefficient (Wildman–Crippen LogP) is 3.68. The van der Waals surface area contributed by atoms with Crippen LogP contribution in [0.1, 0.15) is 37.7 Å². The van der Waals surface area contributed by atoms with Gasteiger partial charge in [0.25, 0.3) is 0 Å². The molecule has 0 aromatic heterocycles. The normalized spacial score (nSPS) is 17.2. The van der Waals surface area contributed by atoms with Crippen molar-refractivity contribution < 1.29 is 27.9 Å². The number of nitrogens with one attached hydrogen (secondary N) is 1. The summed E-state index contributed by atoms with van der Waals surface area (Å²) in [5, 5.41) is 11.7. The second-order valence-electron chi connectivity index (χ2n) is 5.60. The average molecular weight is 315 g/mol. The van der Waals surface area contributed by atoms with Crippen LogP contribution in [0.2, 0.25) is 0 Å². The number of alkyl halides is 3. The van der Waals surface area contributed by atoms with E-state index >= 15 is 0 Å². The molecule has 0 bridgehead atoms. The first kappa shape index (κ1) is 16.3. The van der Waals surface area contributed by atoms with Crippen LogP contribution in [0.25, 0.3) is 0 Å². The molecule has 1 aromatic carbocycles. The minimum absolute atomic E-state index is 0.0124. The number of aliphatic carboxylic acids is 1. The Morgan fingerprint density at radius 1 is 1.23 bits per heavy atom. The standard InChI is InChI=1S/C15H16F3NO3/c16-15(17,18)10-4-3-5-11(8-10)19-12(20)9-14(13(21)22)6-1-2-7-14/h3-5,8H,1-2,6-7,9H2,(H,19,20)(H,21,22). The molecule has 1 aliphatic carbocycles. The van der Waals surface area contributed by atoms with Gasteiger partial charge in [-0.1, -0.05) is 18.9 Å². The zero-order chi connectivity index (χ0) is 16.4. The van der Waals surface area contributed by atoms with Gasteiger partial charge in [0.05, 0.1) is 11.0 Å². The van der Waals surface area contributed by atoms with Crippen LogP contribution in [0, 0.1) is 5.41 Å². The fraction of sp³-hybridized carbons (Fsp3) is 0.467. The second kappa shape index (κ2) is 5.98. The molecule has 0 aliphatic heterocycles. The van der Waals surface area contributed by atoms with Crippen LogP contribution in [0.4, 0.5) is 18.9 Å². The molecule has 0 radical (unpaired) electrons. The van der Waals surface area contributed by atoms with Gasteiger partial charge in [-0.05, 0) is 31.0 Å². The average Bonchev–Trinajstić information content (AvgIpc) is 2.87. The second-order valence-corrected chi connectivity index (χ2v) is 5.60. The number of hydrogen-bond donors (Lipinski definition) is 2. The maximum Gasteiger partial charge on any atom is 0.416 e. The molecule has 0 saturated heterocycles. The van der Waals surface area contributed by atoms with Crippen molar-refractivity contribution in [3.63, 3.8) is 0 Å². The summed E-state index contributed by atoms with van der Waals surface area (Å²) < 4.78 is 37.8. The van der Waals surface area contributed by atoms with Gasteiger partial charge in [-0.25, -0.2) is 0 Å². The van der Waals surface area contributed by atoms with Crippen molar-refractivity contribution in [3.05, 3.63) is 29.8 Å². The van der Waals surface area contributed by atoms with Crippen molar-refractivity contribution in [2.45, 2.75) is 38.3 Å². The first-order chi connectivity index (χ1) is 10.2. The summed E-state index contributed by atoms with van der Waals surface area (Å²) in [6.45, 7) is 0. The van der Waals surface area contributed by atoms with E-state index in [9.17, 15) is 27.9 Å². The summed E-state index contributed by atoms with van der Waals surface area (Å²) in [5.74, 6) is -1.60. The summed E-state index contributed by atoms with van der Waals surface area (Å²) in [7, 11) is 0. The number of rotatable bonds is 4. The van der Waals surface area contributed by atoms with Gasteiger partial charge in [0.1, 0.15) is 0 Å². The van der Waals surface area contributed by atoms with E-state index in [1.54, 1.807) is 0 Å². The summed E-state index contributed by atoms with van der Waals surface area (Å²) in [6, 6.07) is 4.28. The van der Waals surface area contributed by atoms with Gasteiger partial charge in [-0.3, -0.25) is 9.59 Å². The van der Waals surface area contributed by atoms with Crippen LogP contribution in [0.3, 0.4) is 0 Å². The van der Waals surface area contributed by atoms with E-state index in [0.29, 0.717) is 12.8 Å². The third-order valence-electron chi connectivity index (χ3n) is 3.99. The first-order valence-electron chi connectivity index (χ1n) is 6.93. The number of amides is 1. The Bertz CT molecular complexity index is 578. The number of carboxylic acid groups (broad SMARTS) is 1. The molecule has 0 unspecified atom stereocenters. The highest BCUT2D eigenvalue weighted by atomic mass is 19.4. The molecule has 22 heavy (non-hydrogen) atoms. The number of carboxylic acids is 1. The fourth-order valence-electron chi connectivity index (χ4n) is 2.80. The van der Waals surface area contributed by atoms with Crippen molar-refractivity contribution in [1.29, 1.82) is 0 Å². The van der Waals surface area contributed by atoms with E-state index in [0.717, 1.165) is 25.0 Å². The number of hydrogen-bond acceptors (Lipinski definition) is 2. The number of anilines is 1. The Morgan fingerprint density at radius 3 is 2.41 bits per heavy atom. The van der Waals surface area contributed by atoms with Crippen molar-refractivity contribution in [2.24, 2.45) is 5.41 Å². The molecule has 1 saturated carbocycles. The highest BCUT2D eigenvalue weighted by Gasteiger charge is 2.43. The smallest absolute Gasteiger partial charge is 0.416 e. The van der Waals surface area contributed by atoms with Gasteiger partial charge in [0, 0.05) is 12.1 Å². The van der Waals surface area contributed by atoms with Crippen LogP contribution in [-0.4, -0.2) is 17.0 Å². The lowest BCUT2D eigenvalue weighted by molar-refractivity contribution is -0.150. The molecule has 2 rings (SSSR count). The van der Waals surface area contributed by atoms with Gasteiger partial charge < -0.3 is 10.4 Å². The molecule has 1 aliphatic rings. The Morgan fingerprint density at radius 2 is 1.86 bits per heavy atom. The van der Waals surface area contributed by atoms with Crippen LogP contribution in [-0.2, 0) is 15.8 Å². The van der Waals surface area contributed by atoms with E-state index in [4.69, 9.17) is 0 Å². The molecule has 0 heterocycles. The van der Waals surface area contributed by atoms with Crippen LogP contribution < -0.4 is 5.32 Å². The molecule has 120 valence electrons. The van der Waals surface area contributed by atoms with Crippen molar-refractivity contribution in [1.82, 2.24) is 0 Å². The van der Waals surface area contributed by atoms with Gasteiger partial charge in [-0.15, -0.1) is 0 Å². The molecule has 2 N–H and O–H groups in total. The highest BCUT2D eigenvalue weighted by Crippen LogP contribution is 2.41. The molecule has 1 fully saturated rings. The summed E-state index contributed by atoms with van der Waals surface area (Å²) in [6.07, 6.45) is -2.41. The van der Waals surface area contributed by atoms with E-state index < -0.39 is 29.0 Å². The Balaban J connectivity index is 2.08. The molecular formula is C15H16F3NO3. The van der Waals surface area contributed by atoms with Gasteiger partial charge >= 0.3 is 12.1 Å². The largest absolute Gasteiger partial charge is 0.481 e. The maximum atomic E-state index is 12.6. The SMILES string of the molecule is O=C(CC1(C(=O)O)CCCC1)Nc1cccc(C(F)(F)F)c1. The quantitative estimate of drug-likeness (QED) is 0.890. The Kier molecular flexibility index (Phi) is 4.44. The highest BCUT2D eigenvalue weighted by molar-refractivity contribution is 5.94. The van der Waals surface area contributed by atoms with Crippen molar-refractivity contribution in [2.75, 3.05) is 5.32 Å². The van der Waals surface area contributed by atoms with E-state index in [2.05, 4.69) is 5.32 Å². The molecule has 1 amide bonds. The number of halogens is 3. The summed E-state index contributed by atoms with van der Waals surface area (Å²) >= 11 is 0. The lowest BCUT2D eigenvalue weighted by atomic mass is 9.82. The maximum absolute atomic E-state index is 12.6. The third kappa shape index (κ3) is 3.58. The zero-order valence-corrected chi connectivity index (χ0v) is 11.7. The topological polar surface area (TPSA) is 66.4 Å². The molecule has 0 spiro atoms. The molecule has 4 nitrogen and oxygen atoms in total. The lowest BCUT2D eigenvalue weighted by Gasteiger charge is -2.23. The number of benzene rings is 1. The minimum atomic E-state index is -4.49. The van der Waals surface area contributed by atoms with Crippen molar-refractivity contribution >= 4 is 17.6 Å². The van der Waals surface area contributed by atoms with Crippen molar-refractivity contribution in [3.8, 4) is 0 Å². The van der Waals surface area contributed by atoms with Gasteiger partial charge in [-0.2, -0.15) is 13.2 Å². The summed E-state index contributed by atoms with van der Waals surface area (Å²) in [4.78, 5) is 23.4. The monoisotopic (exact) mass is 315 g/mol.